The van der Waals surface area contributed by atoms with Gasteiger partial charge in [-0.05, 0) is 44.2 Å². The van der Waals surface area contributed by atoms with Crippen LogP contribution in [-0.2, 0) is 33.8 Å². The van der Waals surface area contributed by atoms with Crippen LogP contribution in [0.25, 0.3) is 43.8 Å². The Morgan fingerprint density at radius 2 is 0.907 bits per heavy atom. The van der Waals surface area contributed by atoms with Gasteiger partial charge in [-0.3, -0.25) is 6.08 Å². The predicted molar refractivity (Wildman–Crippen MR) is 225 cm³/mol. The molecular weight excluding hydrogens is 878 g/mol. The Labute approximate surface area is 350 Å². The van der Waals surface area contributed by atoms with E-state index in [0.717, 1.165) is 6.42 Å². The number of hydrogen-bond acceptors (Lipinski definition) is 0. The van der Waals surface area contributed by atoms with E-state index in [-0.39, 0.29) is 35.6 Å². The van der Waals surface area contributed by atoms with Crippen LogP contribution in [0.3, 0.4) is 0 Å². The third-order valence-electron chi connectivity index (χ3n) is 9.48. The number of allylic oxidation sites excluding steroid dienone is 4. The second kappa shape index (κ2) is 19.3. The molecule has 4 heteroatoms. The molecule has 7 aromatic rings. The Morgan fingerprint density at radius 1 is 0.537 bits per heavy atom. The average molecular weight is 926 g/mol. The number of hydrogen-bond donors (Lipinski definition) is 0. The molecule has 0 heterocycles. The Hall–Kier alpha value is -3.66. The maximum absolute atomic E-state index is 2.99. The van der Waals surface area contributed by atoms with E-state index >= 15 is 0 Å². The molecular formula is C50H48Cl2HfSi-2. The molecule has 0 aliphatic heterocycles. The number of rotatable bonds is 4. The molecule has 1 aliphatic carbocycles. The molecule has 0 saturated heterocycles. The van der Waals surface area contributed by atoms with Crippen LogP contribution in [-0.4, -0.2) is 5.49 Å². The van der Waals surface area contributed by atoms with E-state index in [1.165, 1.54) is 88.3 Å². The molecule has 1 aliphatic rings. The van der Waals surface area contributed by atoms with Gasteiger partial charge in [0.1, 0.15) is 0 Å². The molecule has 0 atom stereocenters. The summed E-state index contributed by atoms with van der Waals surface area (Å²) < 4.78 is 0. The molecule has 0 N–H and O–H groups in total. The minimum absolute atomic E-state index is 0. The van der Waals surface area contributed by atoms with Crippen LogP contribution in [0.4, 0.5) is 0 Å². The van der Waals surface area contributed by atoms with E-state index in [0.29, 0.717) is 0 Å². The van der Waals surface area contributed by atoms with Crippen LogP contribution in [0.2, 0.25) is 0 Å². The summed E-state index contributed by atoms with van der Waals surface area (Å²) in [4.78, 5) is 0. The maximum atomic E-state index is 2.99. The summed E-state index contributed by atoms with van der Waals surface area (Å²) in [5, 5.41) is 8.44. The molecule has 0 bridgehead atoms. The summed E-state index contributed by atoms with van der Waals surface area (Å²) >= 11 is 1.27. The van der Waals surface area contributed by atoms with Crippen LogP contribution in [0.5, 0.6) is 0 Å². The molecule has 272 valence electrons. The van der Waals surface area contributed by atoms with Crippen molar-refractivity contribution in [2.24, 2.45) is 0 Å². The molecule has 0 radical (unpaired) electrons. The molecule has 0 spiro atoms. The monoisotopic (exact) mass is 926 g/mol. The Bertz CT molecular complexity index is 2160. The van der Waals surface area contributed by atoms with Crippen molar-refractivity contribution >= 4 is 37.4 Å². The molecule has 0 nitrogen and oxygen atoms in total. The van der Waals surface area contributed by atoms with Gasteiger partial charge in [-0.25, -0.2) is 12.2 Å². The first kappa shape index (κ1) is 43.1. The first-order valence-corrected chi connectivity index (χ1v) is 25.1. The van der Waals surface area contributed by atoms with Crippen molar-refractivity contribution in [1.82, 2.24) is 0 Å². The minimum atomic E-state index is -0.406. The Kier molecular flexibility index (Phi) is 15.4. The fourth-order valence-corrected chi connectivity index (χ4v) is 11.8. The normalized spacial score (nSPS) is 11.9. The first-order chi connectivity index (χ1) is 25.0. The zero-order chi connectivity index (χ0) is 36.7. The van der Waals surface area contributed by atoms with Crippen molar-refractivity contribution < 1.29 is 47.8 Å². The van der Waals surface area contributed by atoms with Gasteiger partial charge < -0.3 is 24.8 Å². The average Bonchev–Trinajstić information content (AvgIpc) is 3.86. The van der Waals surface area contributed by atoms with Gasteiger partial charge in [-0.2, -0.15) is 6.08 Å². The number of benzene rings is 6. The molecule has 7 aromatic carbocycles. The van der Waals surface area contributed by atoms with E-state index in [9.17, 15) is 0 Å². The van der Waals surface area contributed by atoms with Gasteiger partial charge in [0.2, 0.25) is 0 Å². The van der Waals surface area contributed by atoms with E-state index < -0.39 is 5.49 Å². The Morgan fingerprint density at radius 3 is 1.20 bits per heavy atom. The van der Waals surface area contributed by atoms with Crippen LogP contribution < -0.4 is 35.2 Å². The van der Waals surface area contributed by atoms with Crippen LogP contribution in [0.15, 0.2) is 170 Å². The topological polar surface area (TPSA) is 0 Å². The van der Waals surface area contributed by atoms with Gasteiger partial charge in [-0.15, -0.1) is 46.2 Å². The van der Waals surface area contributed by atoms with Crippen molar-refractivity contribution in [3.05, 3.63) is 187 Å². The second-order valence-electron chi connectivity index (χ2n) is 15.5. The zero-order valence-electron chi connectivity index (χ0n) is 32.1. The molecule has 0 aromatic heterocycles. The van der Waals surface area contributed by atoms with Crippen LogP contribution in [0, 0.1) is 6.08 Å². The van der Waals surface area contributed by atoms with Gasteiger partial charge in [0.05, 0.1) is 0 Å². The summed E-state index contributed by atoms with van der Waals surface area (Å²) in [5.74, 6) is 0. The molecule has 54 heavy (non-hydrogen) atoms. The second-order valence-corrected chi connectivity index (χ2v) is 22.8. The summed E-state index contributed by atoms with van der Waals surface area (Å²) in [5.41, 5.74) is 7.76. The Balaban J connectivity index is 0.000000255. The van der Waals surface area contributed by atoms with Crippen LogP contribution >= 0.6 is 0 Å². The van der Waals surface area contributed by atoms with Gasteiger partial charge in [0.25, 0.3) is 0 Å². The third kappa shape index (κ3) is 10.5. The van der Waals surface area contributed by atoms with Crippen LogP contribution in [0.1, 0.15) is 59.1 Å². The number of halogens is 2. The van der Waals surface area contributed by atoms with E-state index in [4.69, 9.17) is 0 Å². The molecule has 0 saturated carbocycles. The SMILES string of the molecule is CC(C)(C)c1cc2c(cc1-c1ccccc1)[cH-]c1cc(-c3ccccc3)c(C(C)(C)C)cc12.[C-]1=CC=CC1.[Cl-].[Cl-].[Hf+2]=[Si](c1ccccc1)c1ccccc1. The van der Waals surface area contributed by atoms with Crippen molar-refractivity contribution in [2.75, 3.05) is 0 Å². The fourth-order valence-electron chi connectivity index (χ4n) is 6.78. The molecule has 0 unspecified atom stereocenters. The van der Waals surface area contributed by atoms with Gasteiger partial charge in [0.15, 0.2) is 0 Å². The molecule has 0 fully saturated rings. The van der Waals surface area contributed by atoms with Gasteiger partial charge >= 0.3 is 99.5 Å². The van der Waals surface area contributed by atoms with E-state index in [2.05, 4.69) is 205 Å². The molecule has 0 amide bonds. The zero-order valence-corrected chi connectivity index (χ0v) is 38.2. The quantitative estimate of drug-likeness (QED) is 0.144. The first-order valence-electron chi connectivity index (χ1n) is 18.2. The molecule has 8 rings (SSSR count). The standard InChI is InChI=1S/C33H33.C12H10Si.C5H5.2ClH.Hf/c1-32(2,3)30-20-26-24(18-28(30)22-13-9-7-10-14-22)17-25-19-29(23-15-11-8-12-16-23)31(21-27(25)26)33(4,5)6;1-3-7-11(8-4-1)13-12-9-5-2-6-10-12;1-2-4-5-3-1;;;/h7-21H,1-6H3;1-10H;1-3H,4H2;2*1H;/q-1;;-1;;;+2/p-2. The fraction of sp³-hybridized carbons (Fsp3) is 0.180. The summed E-state index contributed by atoms with van der Waals surface area (Å²) in [7, 11) is 0. The predicted octanol–water partition coefficient (Wildman–Crippen LogP) is 6.29. The van der Waals surface area contributed by atoms with Crippen molar-refractivity contribution in [2.45, 2.75) is 58.8 Å². The van der Waals surface area contributed by atoms with Crippen molar-refractivity contribution in [1.29, 1.82) is 0 Å². The van der Waals surface area contributed by atoms with E-state index in [1.807, 2.05) is 12.2 Å². The third-order valence-corrected chi connectivity index (χ3v) is 17.5. The van der Waals surface area contributed by atoms with Crippen molar-refractivity contribution in [3.63, 3.8) is 0 Å². The summed E-state index contributed by atoms with van der Waals surface area (Å²) in [6, 6.07) is 55.5. The summed E-state index contributed by atoms with van der Waals surface area (Å²) in [6.45, 7) is 13.9. The van der Waals surface area contributed by atoms with E-state index in [1.54, 1.807) is 0 Å². The van der Waals surface area contributed by atoms with Crippen molar-refractivity contribution in [3.8, 4) is 22.3 Å². The summed E-state index contributed by atoms with van der Waals surface area (Å²) in [6.07, 6.45) is 10.0. The number of fused-ring (bicyclic) bond motifs is 3. The van der Waals surface area contributed by atoms with Gasteiger partial charge in [-0.1, -0.05) is 114 Å². The van der Waals surface area contributed by atoms with Gasteiger partial charge in [0, 0.05) is 0 Å².